The Morgan fingerprint density at radius 1 is 1.67 bits per heavy atom. The number of aromatic amines is 1. The van der Waals surface area contributed by atoms with Crippen LogP contribution in [0.5, 0.6) is 0 Å². The highest BCUT2D eigenvalue weighted by atomic mass is 15.5. The van der Waals surface area contributed by atoms with Crippen molar-refractivity contribution in [3.63, 3.8) is 0 Å². The number of nitrogens with two attached hydrogens (primary N) is 1. The normalized spacial score (nSPS) is 9.67. The number of aromatic nitrogens is 3. The molecule has 1 heterocycles. The maximum absolute atomic E-state index is 5.37. The van der Waals surface area contributed by atoms with Crippen LogP contribution < -0.4 is 10.9 Å². The molecule has 1 aromatic heterocycles. The van der Waals surface area contributed by atoms with E-state index in [0.29, 0.717) is 5.82 Å². The molecule has 1 rings (SSSR count). The molecule has 0 bridgehead atoms. The van der Waals surface area contributed by atoms with Gasteiger partial charge in [-0.15, -0.1) is 5.10 Å². The predicted molar refractivity (Wildman–Crippen MR) is 33.7 cm³/mol. The molecule has 0 spiro atoms. The number of aryl methyl sites for hydroxylation is 1. The van der Waals surface area contributed by atoms with Crippen molar-refractivity contribution in [1.82, 2.24) is 15.4 Å². The molecular formula is C4H9N5. The molecule has 0 aliphatic carbocycles. The summed E-state index contributed by atoms with van der Waals surface area (Å²) in [6, 6.07) is 0. The van der Waals surface area contributed by atoms with Gasteiger partial charge in [0.1, 0.15) is 0 Å². The van der Waals surface area contributed by atoms with E-state index in [9.17, 15) is 0 Å². The Bertz CT molecular complexity index is 191. The third-order valence-corrected chi connectivity index (χ3v) is 1.03. The minimum atomic E-state index is 0.676. The second-order valence-electron chi connectivity index (χ2n) is 1.87. The molecule has 0 radical (unpaired) electrons. The van der Waals surface area contributed by atoms with Crippen molar-refractivity contribution in [1.29, 1.82) is 0 Å². The van der Waals surface area contributed by atoms with Crippen molar-refractivity contribution in [2.75, 3.05) is 12.1 Å². The van der Waals surface area contributed by atoms with Gasteiger partial charge in [-0.05, 0) is 6.92 Å². The van der Waals surface area contributed by atoms with E-state index in [2.05, 4.69) is 15.4 Å². The largest absolute Gasteiger partial charge is 0.295 e. The Balaban J connectivity index is 2.94. The molecule has 0 aliphatic rings. The van der Waals surface area contributed by atoms with E-state index in [1.165, 1.54) is 5.01 Å². The van der Waals surface area contributed by atoms with Crippen LogP contribution in [0, 0.1) is 6.92 Å². The quantitative estimate of drug-likeness (QED) is 0.391. The first-order valence-corrected chi connectivity index (χ1v) is 2.58. The van der Waals surface area contributed by atoms with Crippen LogP contribution >= 0.6 is 0 Å². The van der Waals surface area contributed by atoms with Crippen LogP contribution in [0.3, 0.4) is 0 Å². The SMILES string of the molecule is Cc1[nH]nnc1N(C)N. The Kier molecular flexibility index (Phi) is 1.35. The van der Waals surface area contributed by atoms with Gasteiger partial charge >= 0.3 is 0 Å². The lowest BCUT2D eigenvalue weighted by atomic mass is 10.5. The highest BCUT2D eigenvalue weighted by Crippen LogP contribution is 2.05. The second-order valence-corrected chi connectivity index (χ2v) is 1.87. The molecule has 1 aromatic rings. The van der Waals surface area contributed by atoms with Crippen molar-refractivity contribution in [3.8, 4) is 0 Å². The number of hydrogen-bond acceptors (Lipinski definition) is 4. The average molecular weight is 127 g/mol. The first-order chi connectivity index (χ1) is 4.22. The maximum Gasteiger partial charge on any atom is 0.187 e. The standard InChI is InChI=1S/C4H9N5/c1-3-4(9(2)5)7-8-6-3/h5H2,1-2H3,(H,6,7,8). The lowest BCUT2D eigenvalue weighted by Crippen LogP contribution is -2.26. The molecule has 50 valence electrons. The molecule has 0 aliphatic heterocycles. The lowest BCUT2D eigenvalue weighted by molar-refractivity contribution is 0.907. The van der Waals surface area contributed by atoms with Crippen molar-refractivity contribution in [3.05, 3.63) is 5.69 Å². The number of hydrazine groups is 1. The van der Waals surface area contributed by atoms with Crippen LogP contribution in [0.15, 0.2) is 0 Å². The van der Waals surface area contributed by atoms with Crippen molar-refractivity contribution >= 4 is 5.82 Å². The third-order valence-electron chi connectivity index (χ3n) is 1.03. The van der Waals surface area contributed by atoms with Gasteiger partial charge in [0, 0.05) is 7.05 Å². The summed E-state index contributed by atoms with van der Waals surface area (Å²) in [5, 5.41) is 11.3. The number of nitrogens with zero attached hydrogens (tertiary/aromatic N) is 3. The summed E-state index contributed by atoms with van der Waals surface area (Å²) in [5.41, 5.74) is 0.875. The summed E-state index contributed by atoms with van der Waals surface area (Å²) in [5.74, 6) is 6.05. The van der Waals surface area contributed by atoms with E-state index in [0.717, 1.165) is 5.69 Å². The molecule has 0 atom stereocenters. The fourth-order valence-electron chi connectivity index (χ4n) is 0.607. The van der Waals surface area contributed by atoms with Crippen LogP contribution in [-0.2, 0) is 0 Å². The summed E-state index contributed by atoms with van der Waals surface area (Å²) < 4.78 is 0. The number of rotatable bonds is 1. The van der Waals surface area contributed by atoms with E-state index in [1.54, 1.807) is 7.05 Å². The molecule has 3 N–H and O–H groups in total. The van der Waals surface area contributed by atoms with Crippen LogP contribution in [0.1, 0.15) is 5.69 Å². The first-order valence-electron chi connectivity index (χ1n) is 2.58. The van der Waals surface area contributed by atoms with E-state index >= 15 is 0 Å². The average Bonchev–Trinajstić information content (AvgIpc) is 2.13. The van der Waals surface area contributed by atoms with Gasteiger partial charge in [0.15, 0.2) is 5.82 Å². The zero-order valence-electron chi connectivity index (χ0n) is 5.42. The molecule has 0 saturated carbocycles. The van der Waals surface area contributed by atoms with Crippen LogP contribution in [0.25, 0.3) is 0 Å². The zero-order valence-corrected chi connectivity index (χ0v) is 5.42. The summed E-state index contributed by atoms with van der Waals surface area (Å²) in [4.78, 5) is 0. The summed E-state index contributed by atoms with van der Waals surface area (Å²) in [7, 11) is 1.71. The Morgan fingerprint density at radius 3 is 2.56 bits per heavy atom. The lowest BCUT2D eigenvalue weighted by Gasteiger charge is -2.06. The highest BCUT2D eigenvalue weighted by Gasteiger charge is 2.02. The number of anilines is 1. The van der Waals surface area contributed by atoms with Gasteiger partial charge in [0.2, 0.25) is 0 Å². The number of nitrogens with one attached hydrogen (secondary N) is 1. The van der Waals surface area contributed by atoms with Crippen molar-refractivity contribution in [2.24, 2.45) is 5.84 Å². The zero-order chi connectivity index (χ0) is 6.85. The van der Waals surface area contributed by atoms with Gasteiger partial charge in [0.25, 0.3) is 0 Å². The van der Waals surface area contributed by atoms with Crippen LogP contribution in [0.2, 0.25) is 0 Å². The van der Waals surface area contributed by atoms with Gasteiger partial charge in [-0.2, -0.15) is 0 Å². The van der Waals surface area contributed by atoms with Gasteiger partial charge in [-0.3, -0.25) is 10.1 Å². The topological polar surface area (TPSA) is 70.8 Å². The van der Waals surface area contributed by atoms with Gasteiger partial charge in [-0.1, -0.05) is 5.21 Å². The van der Waals surface area contributed by atoms with E-state index in [-0.39, 0.29) is 0 Å². The minimum Gasteiger partial charge on any atom is -0.295 e. The summed E-state index contributed by atoms with van der Waals surface area (Å²) >= 11 is 0. The monoisotopic (exact) mass is 127 g/mol. The van der Waals surface area contributed by atoms with E-state index in [4.69, 9.17) is 5.84 Å². The third kappa shape index (κ3) is 0.996. The Hall–Kier alpha value is -1.10. The minimum absolute atomic E-state index is 0.676. The van der Waals surface area contributed by atoms with Gasteiger partial charge in [0.05, 0.1) is 5.69 Å². The second kappa shape index (κ2) is 2.02. The molecule has 0 unspecified atom stereocenters. The molecule has 9 heavy (non-hydrogen) atoms. The maximum atomic E-state index is 5.37. The molecule has 5 nitrogen and oxygen atoms in total. The van der Waals surface area contributed by atoms with E-state index < -0.39 is 0 Å². The van der Waals surface area contributed by atoms with E-state index in [1.807, 2.05) is 6.92 Å². The fourth-order valence-corrected chi connectivity index (χ4v) is 0.607. The summed E-state index contributed by atoms with van der Waals surface area (Å²) in [6.07, 6.45) is 0. The number of hydrogen-bond donors (Lipinski definition) is 2. The Labute approximate surface area is 52.8 Å². The molecule has 0 aromatic carbocycles. The molecular weight excluding hydrogens is 118 g/mol. The predicted octanol–water partition coefficient (Wildman–Crippen LogP) is -0.577. The molecule has 5 heteroatoms. The van der Waals surface area contributed by atoms with Crippen LogP contribution in [-0.4, -0.2) is 22.5 Å². The Morgan fingerprint density at radius 2 is 2.33 bits per heavy atom. The molecule has 0 saturated heterocycles. The van der Waals surface area contributed by atoms with Gasteiger partial charge < -0.3 is 0 Å². The number of H-pyrrole nitrogens is 1. The molecule has 0 fully saturated rings. The first kappa shape index (κ1) is 6.03. The fraction of sp³-hybridized carbons (Fsp3) is 0.500. The van der Waals surface area contributed by atoms with Crippen LogP contribution in [0.4, 0.5) is 5.82 Å². The van der Waals surface area contributed by atoms with Gasteiger partial charge in [-0.25, -0.2) is 5.84 Å². The van der Waals surface area contributed by atoms with Crippen molar-refractivity contribution < 1.29 is 0 Å². The molecule has 0 amide bonds. The highest BCUT2D eigenvalue weighted by molar-refractivity contribution is 5.37. The summed E-state index contributed by atoms with van der Waals surface area (Å²) in [6.45, 7) is 1.86. The van der Waals surface area contributed by atoms with Crippen molar-refractivity contribution in [2.45, 2.75) is 6.92 Å². The smallest absolute Gasteiger partial charge is 0.187 e.